The fourth-order valence-corrected chi connectivity index (χ4v) is 7.37. The van der Waals surface area contributed by atoms with E-state index < -0.39 is 5.41 Å². The summed E-state index contributed by atoms with van der Waals surface area (Å²) >= 11 is 0. The standard InChI is InChI=1S/C24H39FO4/c1-16-8-11-24-12-9-18(28-6)20(24)23(16,4)19(29-15-27-5)14-22(3,10-7-13-25)21(26)17(24)2/h7,13,16-20H,8-12,14-15H2,1-6H3/t16-,17+,18?,19-,20?,22-,23+,24?/m1/s1. The van der Waals surface area contributed by atoms with Gasteiger partial charge in [0.05, 0.1) is 18.5 Å². The predicted molar refractivity (Wildman–Crippen MR) is 111 cm³/mol. The molecule has 3 aliphatic carbocycles. The van der Waals surface area contributed by atoms with Gasteiger partial charge in [-0.25, -0.2) is 4.39 Å². The molecule has 0 saturated heterocycles. The molecular formula is C24H39FO4. The Balaban J connectivity index is 2.17. The van der Waals surface area contributed by atoms with Gasteiger partial charge in [-0.15, -0.1) is 0 Å². The van der Waals surface area contributed by atoms with E-state index in [9.17, 15) is 9.18 Å². The van der Waals surface area contributed by atoms with Crippen LogP contribution in [-0.2, 0) is 19.0 Å². The second-order valence-electron chi connectivity index (χ2n) is 10.3. The average molecular weight is 411 g/mol. The van der Waals surface area contributed by atoms with Gasteiger partial charge in [0.2, 0.25) is 0 Å². The van der Waals surface area contributed by atoms with Crippen LogP contribution < -0.4 is 0 Å². The second kappa shape index (κ2) is 8.39. The normalized spacial score (nSPS) is 47.8. The first-order valence-electron chi connectivity index (χ1n) is 11.1. The SMILES string of the molecule is COCO[C@@H]1C[C@@](C)(CC=CF)C(=O)[C@H](C)C23CCC(OC)C2[C@@]1(C)[C@H](C)CC3. The molecule has 0 aromatic carbocycles. The molecule has 0 spiro atoms. The van der Waals surface area contributed by atoms with Gasteiger partial charge in [0.15, 0.2) is 0 Å². The highest BCUT2D eigenvalue weighted by molar-refractivity contribution is 5.87. The molecule has 3 saturated carbocycles. The van der Waals surface area contributed by atoms with Crippen LogP contribution in [-0.4, -0.2) is 39.0 Å². The maximum Gasteiger partial charge on any atom is 0.146 e. The molecule has 0 aromatic rings. The van der Waals surface area contributed by atoms with Gasteiger partial charge >= 0.3 is 0 Å². The lowest BCUT2D eigenvalue weighted by Crippen LogP contribution is -2.62. The van der Waals surface area contributed by atoms with Crippen molar-refractivity contribution in [3.63, 3.8) is 0 Å². The number of halogens is 1. The second-order valence-corrected chi connectivity index (χ2v) is 10.3. The Hall–Kier alpha value is -0.780. The summed E-state index contributed by atoms with van der Waals surface area (Å²) < 4.78 is 30.6. The van der Waals surface area contributed by atoms with Gasteiger partial charge in [-0.3, -0.25) is 4.79 Å². The van der Waals surface area contributed by atoms with E-state index in [0.29, 0.717) is 25.1 Å². The van der Waals surface area contributed by atoms with Crippen LogP contribution in [0.1, 0.15) is 66.2 Å². The summed E-state index contributed by atoms with van der Waals surface area (Å²) in [4.78, 5) is 13.9. The molecule has 4 nitrogen and oxygen atoms in total. The summed E-state index contributed by atoms with van der Waals surface area (Å²) in [5, 5.41) is 0. The number of allylic oxidation sites excluding steroid dienone is 1. The van der Waals surface area contributed by atoms with Crippen molar-refractivity contribution in [1.82, 2.24) is 0 Å². The third-order valence-electron chi connectivity index (χ3n) is 9.19. The van der Waals surface area contributed by atoms with E-state index in [1.165, 1.54) is 6.08 Å². The molecule has 0 heterocycles. The summed E-state index contributed by atoms with van der Waals surface area (Å²) in [6.07, 6.45) is 7.16. The summed E-state index contributed by atoms with van der Waals surface area (Å²) in [5.41, 5.74) is -0.861. The van der Waals surface area contributed by atoms with E-state index in [2.05, 4.69) is 20.8 Å². The van der Waals surface area contributed by atoms with Crippen molar-refractivity contribution in [1.29, 1.82) is 0 Å². The molecule has 166 valence electrons. The molecule has 0 radical (unpaired) electrons. The third kappa shape index (κ3) is 3.41. The Morgan fingerprint density at radius 3 is 2.48 bits per heavy atom. The monoisotopic (exact) mass is 410 g/mol. The number of carbonyl (C=O) groups is 1. The Morgan fingerprint density at radius 1 is 1.17 bits per heavy atom. The minimum atomic E-state index is -0.651. The predicted octanol–water partition coefficient (Wildman–Crippen LogP) is 5.31. The Kier molecular flexibility index (Phi) is 6.63. The average Bonchev–Trinajstić information content (AvgIpc) is 3.11. The van der Waals surface area contributed by atoms with Gasteiger partial charge in [0.25, 0.3) is 0 Å². The summed E-state index contributed by atoms with van der Waals surface area (Å²) in [7, 11) is 3.44. The van der Waals surface area contributed by atoms with Crippen LogP contribution in [0.15, 0.2) is 12.4 Å². The first-order valence-corrected chi connectivity index (χ1v) is 11.1. The zero-order valence-electron chi connectivity index (χ0n) is 19.0. The Bertz CT molecular complexity index is 636. The number of ether oxygens (including phenoxy) is 3. The molecule has 5 heteroatoms. The zero-order chi connectivity index (χ0) is 21.4. The van der Waals surface area contributed by atoms with Gasteiger partial charge in [-0.2, -0.15) is 0 Å². The summed E-state index contributed by atoms with van der Waals surface area (Å²) in [5.74, 6) is 0.895. The van der Waals surface area contributed by atoms with Crippen LogP contribution >= 0.6 is 0 Å². The van der Waals surface area contributed by atoms with Crippen LogP contribution in [0.3, 0.4) is 0 Å². The number of hydrogen-bond acceptors (Lipinski definition) is 4. The quantitative estimate of drug-likeness (QED) is 0.557. The molecule has 0 amide bonds. The number of ketones is 1. The van der Waals surface area contributed by atoms with Gasteiger partial charge in [-0.1, -0.05) is 33.8 Å². The van der Waals surface area contributed by atoms with E-state index >= 15 is 0 Å². The first kappa shape index (κ1) is 22.9. The molecule has 8 atom stereocenters. The van der Waals surface area contributed by atoms with Crippen molar-refractivity contribution in [2.75, 3.05) is 21.0 Å². The molecule has 29 heavy (non-hydrogen) atoms. The Morgan fingerprint density at radius 2 is 1.86 bits per heavy atom. The van der Waals surface area contributed by atoms with E-state index in [-0.39, 0.29) is 47.4 Å². The maximum atomic E-state index is 13.9. The fourth-order valence-electron chi connectivity index (χ4n) is 7.37. The highest BCUT2D eigenvalue weighted by Crippen LogP contribution is 2.68. The number of Topliss-reactive ketones (excluding diaryl/α,β-unsaturated/α-hetero) is 1. The molecule has 0 aliphatic heterocycles. The fraction of sp³-hybridized carbons (Fsp3) is 0.875. The van der Waals surface area contributed by atoms with E-state index in [1.54, 1.807) is 14.2 Å². The smallest absolute Gasteiger partial charge is 0.146 e. The first-order chi connectivity index (χ1) is 13.7. The van der Waals surface area contributed by atoms with E-state index in [0.717, 1.165) is 25.7 Å². The van der Waals surface area contributed by atoms with Gasteiger partial charge < -0.3 is 14.2 Å². The summed E-state index contributed by atoms with van der Waals surface area (Å²) in [6, 6.07) is 0. The van der Waals surface area contributed by atoms with Crippen LogP contribution in [0.25, 0.3) is 0 Å². The van der Waals surface area contributed by atoms with Crippen molar-refractivity contribution in [2.45, 2.75) is 78.4 Å². The maximum absolute atomic E-state index is 13.9. The van der Waals surface area contributed by atoms with E-state index in [4.69, 9.17) is 14.2 Å². The topological polar surface area (TPSA) is 44.8 Å². The number of rotatable bonds is 6. The van der Waals surface area contributed by atoms with Crippen LogP contribution in [0.2, 0.25) is 0 Å². The van der Waals surface area contributed by atoms with Crippen LogP contribution in [0, 0.1) is 34.0 Å². The minimum Gasteiger partial charge on any atom is -0.381 e. The van der Waals surface area contributed by atoms with Crippen molar-refractivity contribution >= 4 is 5.78 Å². The van der Waals surface area contributed by atoms with Crippen molar-refractivity contribution in [2.24, 2.45) is 34.0 Å². The lowest BCUT2D eigenvalue weighted by molar-refractivity contribution is -0.219. The van der Waals surface area contributed by atoms with Gasteiger partial charge in [-0.05, 0) is 55.8 Å². The molecule has 3 unspecified atom stereocenters. The zero-order valence-corrected chi connectivity index (χ0v) is 19.0. The largest absolute Gasteiger partial charge is 0.381 e. The molecule has 3 aliphatic rings. The molecule has 3 fully saturated rings. The van der Waals surface area contributed by atoms with Crippen LogP contribution in [0.4, 0.5) is 4.39 Å². The van der Waals surface area contributed by atoms with Crippen molar-refractivity contribution in [3.8, 4) is 0 Å². The minimum absolute atomic E-state index is 0.0686. The van der Waals surface area contributed by atoms with Crippen molar-refractivity contribution < 1.29 is 23.4 Å². The van der Waals surface area contributed by atoms with Crippen molar-refractivity contribution in [3.05, 3.63) is 12.4 Å². The van der Waals surface area contributed by atoms with Gasteiger partial charge in [0.1, 0.15) is 12.6 Å². The number of carbonyl (C=O) groups excluding carboxylic acids is 1. The lowest BCUT2D eigenvalue weighted by atomic mass is 9.43. The number of methoxy groups -OCH3 is 2. The molecule has 0 aromatic heterocycles. The molecular weight excluding hydrogens is 371 g/mol. The van der Waals surface area contributed by atoms with E-state index in [1.807, 2.05) is 6.92 Å². The highest BCUT2D eigenvalue weighted by Gasteiger charge is 2.68. The third-order valence-corrected chi connectivity index (χ3v) is 9.19. The van der Waals surface area contributed by atoms with Crippen LogP contribution in [0.5, 0.6) is 0 Å². The number of hydrogen-bond donors (Lipinski definition) is 0. The highest BCUT2D eigenvalue weighted by atomic mass is 19.1. The Labute approximate surface area is 175 Å². The summed E-state index contributed by atoms with van der Waals surface area (Å²) in [6.45, 7) is 8.99. The molecule has 0 N–H and O–H groups in total. The molecule has 2 bridgehead atoms. The molecule has 3 rings (SSSR count). The lowest BCUT2D eigenvalue weighted by Gasteiger charge is -2.62. The van der Waals surface area contributed by atoms with Gasteiger partial charge in [0, 0.05) is 31.0 Å².